The summed E-state index contributed by atoms with van der Waals surface area (Å²) in [5, 5.41) is 6.22. The van der Waals surface area contributed by atoms with Crippen LogP contribution in [0.1, 0.15) is 26.4 Å². The summed E-state index contributed by atoms with van der Waals surface area (Å²) in [6.07, 6.45) is 1.46. The number of hydrogen-bond acceptors (Lipinski definition) is 4. The van der Waals surface area contributed by atoms with Crippen molar-refractivity contribution in [3.63, 3.8) is 0 Å². The number of para-hydroxylation sites is 1. The summed E-state index contributed by atoms with van der Waals surface area (Å²) in [6, 6.07) is 6.09. The van der Waals surface area contributed by atoms with E-state index in [9.17, 15) is 9.59 Å². The molecule has 0 atom stereocenters. The summed E-state index contributed by atoms with van der Waals surface area (Å²) in [5.41, 5.74) is 11.6. The Labute approximate surface area is 96.6 Å². The Hall–Kier alpha value is -2.63. The van der Waals surface area contributed by atoms with Crippen LogP contribution in [0.5, 0.6) is 0 Å². The van der Waals surface area contributed by atoms with Gasteiger partial charge in [-0.05, 0) is 18.2 Å². The van der Waals surface area contributed by atoms with Gasteiger partial charge in [0.1, 0.15) is 5.69 Å². The fourth-order valence-electron chi connectivity index (χ4n) is 1.51. The van der Waals surface area contributed by atoms with Crippen LogP contribution in [0, 0.1) is 0 Å². The van der Waals surface area contributed by atoms with Crippen molar-refractivity contribution in [2.24, 2.45) is 5.73 Å². The van der Waals surface area contributed by atoms with Crippen LogP contribution in [0.2, 0.25) is 0 Å². The minimum atomic E-state index is -0.665. The second kappa shape index (κ2) is 4.09. The SMILES string of the molecule is NC(=O)c1cccc(C(=O)c2ccn[nH]2)c1N. The molecule has 1 aromatic heterocycles. The van der Waals surface area contributed by atoms with Crippen molar-refractivity contribution >= 4 is 17.4 Å². The lowest BCUT2D eigenvalue weighted by Gasteiger charge is -2.06. The molecule has 0 aliphatic heterocycles. The van der Waals surface area contributed by atoms with E-state index in [2.05, 4.69) is 10.2 Å². The molecule has 17 heavy (non-hydrogen) atoms. The molecular weight excluding hydrogens is 220 g/mol. The molecule has 0 saturated heterocycles. The highest BCUT2D eigenvalue weighted by atomic mass is 16.1. The van der Waals surface area contributed by atoms with E-state index >= 15 is 0 Å². The van der Waals surface area contributed by atoms with Gasteiger partial charge in [0.15, 0.2) is 0 Å². The van der Waals surface area contributed by atoms with Gasteiger partial charge < -0.3 is 11.5 Å². The number of amides is 1. The highest BCUT2D eigenvalue weighted by molar-refractivity contribution is 6.13. The van der Waals surface area contributed by atoms with E-state index in [0.29, 0.717) is 5.69 Å². The molecule has 2 aromatic rings. The summed E-state index contributed by atoms with van der Waals surface area (Å²) in [5.74, 6) is -0.995. The third kappa shape index (κ3) is 1.87. The largest absolute Gasteiger partial charge is 0.397 e. The molecule has 2 rings (SSSR count). The molecular formula is C11H10N4O2. The fourth-order valence-corrected chi connectivity index (χ4v) is 1.51. The molecule has 0 radical (unpaired) electrons. The van der Waals surface area contributed by atoms with E-state index in [1.807, 2.05) is 0 Å². The van der Waals surface area contributed by atoms with E-state index in [1.165, 1.54) is 24.4 Å². The topological polar surface area (TPSA) is 115 Å². The van der Waals surface area contributed by atoms with Gasteiger partial charge in [-0.25, -0.2) is 0 Å². The summed E-state index contributed by atoms with van der Waals surface area (Å²) >= 11 is 0. The Morgan fingerprint density at radius 2 is 1.88 bits per heavy atom. The van der Waals surface area contributed by atoms with Gasteiger partial charge >= 0.3 is 0 Å². The first-order chi connectivity index (χ1) is 8.11. The van der Waals surface area contributed by atoms with Gasteiger partial charge in [-0.3, -0.25) is 14.7 Å². The number of rotatable bonds is 3. The first kappa shape index (κ1) is 10.9. The number of carbonyl (C=O) groups is 2. The van der Waals surface area contributed by atoms with E-state index in [1.54, 1.807) is 6.07 Å². The first-order valence-corrected chi connectivity index (χ1v) is 4.83. The number of hydrogen-bond donors (Lipinski definition) is 3. The maximum Gasteiger partial charge on any atom is 0.250 e. The maximum atomic E-state index is 12.0. The van der Waals surface area contributed by atoms with Crippen LogP contribution >= 0.6 is 0 Å². The average Bonchev–Trinajstić information content (AvgIpc) is 2.81. The van der Waals surface area contributed by atoms with Crippen molar-refractivity contribution in [3.05, 3.63) is 47.3 Å². The standard InChI is InChI=1S/C11H10N4O2/c12-9-6(2-1-3-7(9)11(13)17)10(16)8-4-5-14-15-8/h1-5H,12H2,(H2,13,17)(H,14,15). The van der Waals surface area contributed by atoms with Crippen molar-refractivity contribution in [1.82, 2.24) is 10.2 Å². The summed E-state index contributed by atoms with van der Waals surface area (Å²) in [6.45, 7) is 0. The average molecular weight is 230 g/mol. The monoisotopic (exact) mass is 230 g/mol. The van der Waals surface area contributed by atoms with Crippen molar-refractivity contribution in [2.45, 2.75) is 0 Å². The quantitative estimate of drug-likeness (QED) is 0.520. The second-order valence-corrected chi connectivity index (χ2v) is 3.43. The molecule has 1 aromatic carbocycles. The Balaban J connectivity index is 2.50. The molecule has 6 heteroatoms. The van der Waals surface area contributed by atoms with Crippen LogP contribution in [-0.2, 0) is 0 Å². The zero-order valence-electron chi connectivity index (χ0n) is 8.81. The number of nitrogens with one attached hydrogen (secondary N) is 1. The second-order valence-electron chi connectivity index (χ2n) is 3.43. The van der Waals surface area contributed by atoms with E-state index in [0.717, 1.165) is 0 Å². The molecule has 0 aliphatic rings. The zero-order valence-corrected chi connectivity index (χ0v) is 8.81. The molecule has 5 N–H and O–H groups in total. The number of primary amides is 1. The van der Waals surface area contributed by atoms with Crippen molar-refractivity contribution in [2.75, 3.05) is 5.73 Å². The number of nitrogen functional groups attached to an aromatic ring is 1. The summed E-state index contributed by atoms with van der Waals surface area (Å²) in [7, 11) is 0. The van der Waals surface area contributed by atoms with Crippen molar-refractivity contribution < 1.29 is 9.59 Å². The summed E-state index contributed by atoms with van der Waals surface area (Å²) in [4.78, 5) is 23.1. The van der Waals surface area contributed by atoms with Gasteiger partial charge in [-0.1, -0.05) is 6.07 Å². The Morgan fingerprint density at radius 1 is 1.18 bits per heavy atom. The zero-order chi connectivity index (χ0) is 12.4. The number of benzene rings is 1. The highest BCUT2D eigenvalue weighted by Gasteiger charge is 2.17. The van der Waals surface area contributed by atoms with Crippen LogP contribution in [0.25, 0.3) is 0 Å². The van der Waals surface area contributed by atoms with Gasteiger partial charge in [0.05, 0.1) is 11.3 Å². The van der Waals surface area contributed by atoms with E-state index in [-0.39, 0.29) is 22.6 Å². The number of H-pyrrole nitrogens is 1. The lowest BCUT2D eigenvalue weighted by atomic mass is 10.0. The number of ketones is 1. The number of aromatic nitrogens is 2. The summed E-state index contributed by atoms with van der Waals surface area (Å²) < 4.78 is 0. The Morgan fingerprint density at radius 3 is 2.47 bits per heavy atom. The smallest absolute Gasteiger partial charge is 0.250 e. The molecule has 0 spiro atoms. The van der Waals surface area contributed by atoms with Gasteiger partial charge in [-0.2, -0.15) is 5.10 Å². The van der Waals surface area contributed by atoms with Crippen LogP contribution in [0.15, 0.2) is 30.5 Å². The lowest BCUT2D eigenvalue weighted by Crippen LogP contribution is -2.16. The number of anilines is 1. The number of aromatic amines is 1. The minimum Gasteiger partial charge on any atom is -0.397 e. The molecule has 1 heterocycles. The van der Waals surface area contributed by atoms with Crippen LogP contribution in [0.3, 0.4) is 0 Å². The predicted octanol–water partition coefficient (Wildman–Crippen LogP) is 0.322. The predicted molar refractivity (Wildman–Crippen MR) is 61.4 cm³/mol. The van der Waals surface area contributed by atoms with Crippen LogP contribution in [0.4, 0.5) is 5.69 Å². The van der Waals surface area contributed by atoms with Crippen molar-refractivity contribution in [3.8, 4) is 0 Å². The molecule has 86 valence electrons. The van der Waals surface area contributed by atoms with Crippen molar-refractivity contribution in [1.29, 1.82) is 0 Å². The third-order valence-electron chi connectivity index (χ3n) is 2.36. The Kier molecular flexibility index (Phi) is 2.61. The van der Waals surface area contributed by atoms with Crippen LogP contribution < -0.4 is 11.5 Å². The fraction of sp³-hybridized carbons (Fsp3) is 0. The maximum absolute atomic E-state index is 12.0. The van der Waals surface area contributed by atoms with E-state index < -0.39 is 5.91 Å². The molecule has 0 unspecified atom stereocenters. The van der Waals surface area contributed by atoms with Gasteiger partial charge in [0.2, 0.25) is 5.78 Å². The van der Waals surface area contributed by atoms with Gasteiger partial charge in [0, 0.05) is 11.8 Å². The highest BCUT2D eigenvalue weighted by Crippen LogP contribution is 2.19. The molecule has 1 amide bonds. The molecule has 6 nitrogen and oxygen atoms in total. The lowest BCUT2D eigenvalue weighted by molar-refractivity contribution is 0.100. The number of nitrogens with zero attached hydrogens (tertiary/aromatic N) is 1. The molecule has 0 aliphatic carbocycles. The molecule has 0 bridgehead atoms. The van der Waals surface area contributed by atoms with Gasteiger partial charge in [-0.15, -0.1) is 0 Å². The number of carbonyl (C=O) groups excluding carboxylic acids is 2. The molecule has 0 fully saturated rings. The first-order valence-electron chi connectivity index (χ1n) is 4.83. The number of nitrogens with two attached hydrogens (primary N) is 2. The van der Waals surface area contributed by atoms with E-state index in [4.69, 9.17) is 11.5 Å². The normalized spacial score (nSPS) is 10.1. The molecule has 0 saturated carbocycles. The van der Waals surface area contributed by atoms with Crippen LogP contribution in [-0.4, -0.2) is 21.9 Å². The third-order valence-corrected chi connectivity index (χ3v) is 2.36. The van der Waals surface area contributed by atoms with Gasteiger partial charge in [0.25, 0.3) is 5.91 Å². The Bertz CT molecular complexity index is 575. The minimum absolute atomic E-state index is 0.0830.